The Balaban J connectivity index is 2.33. The van der Waals surface area contributed by atoms with Gasteiger partial charge in [-0.05, 0) is 43.7 Å². The Bertz CT molecular complexity index is 712. The number of benzene rings is 1. The van der Waals surface area contributed by atoms with Crippen LogP contribution in [0.5, 0.6) is 0 Å². The van der Waals surface area contributed by atoms with Crippen molar-refractivity contribution in [3.8, 4) is 0 Å². The lowest BCUT2D eigenvalue weighted by Crippen LogP contribution is -2.14. The maximum absolute atomic E-state index is 12.3. The van der Waals surface area contributed by atoms with Gasteiger partial charge in [-0.25, -0.2) is 8.42 Å². The predicted molar refractivity (Wildman–Crippen MR) is 78.8 cm³/mol. The molecule has 0 radical (unpaired) electrons. The van der Waals surface area contributed by atoms with Crippen LogP contribution in [0.15, 0.2) is 47.5 Å². The number of rotatable bonds is 4. The van der Waals surface area contributed by atoms with Crippen LogP contribution in [0.2, 0.25) is 0 Å². The summed E-state index contributed by atoms with van der Waals surface area (Å²) in [6.45, 7) is 3.61. The van der Waals surface area contributed by atoms with Gasteiger partial charge in [0.25, 0.3) is 10.0 Å². The Morgan fingerprint density at radius 1 is 1.25 bits per heavy atom. The molecular weight excluding hydrogens is 274 g/mol. The fraction of sp³-hybridized carbons (Fsp3) is 0.214. The summed E-state index contributed by atoms with van der Waals surface area (Å²) in [4.78, 5) is 4.22. The zero-order valence-electron chi connectivity index (χ0n) is 11.4. The maximum Gasteiger partial charge on any atom is 0.261 e. The first kappa shape index (κ1) is 14.5. The molecule has 1 heterocycles. The van der Waals surface area contributed by atoms with Gasteiger partial charge >= 0.3 is 0 Å². The van der Waals surface area contributed by atoms with Crippen molar-refractivity contribution in [3.05, 3.63) is 53.9 Å². The van der Waals surface area contributed by atoms with Crippen LogP contribution in [-0.4, -0.2) is 13.4 Å². The van der Waals surface area contributed by atoms with Gasteiger partial charge in [0.05, 0.1) is 10.6 Å². The number of aryl methyl sites for hydroxylation is 1. The number of hydrogen-bond donors (Lipinski definition) is 2. The second-order valence-corrected chi connectivity index (χ2v) is 6.33. The van der Waals surface area contributed by atoms with E-state index in [1.807, 2.05) is 6.92 Å². The number of pyridine rings is 1. The van der Waals surface area contributed by atoms with Crippen molar-refractivity contribution in [2.24, 2.45) is 5.73 Å². The van der Waals surface area contributed by atoms with E-state index in [0.29, 0.717) is 5.69 Å². The summed E-state index contributed by atoms with van der Waals surface area (Å²) in [6, 6.07) is 9.69. The van der Waals surface area contributed by atoms with Gasteiger partial charge in [0, 0.05) is 17.9 Å². The van der Waals surface area contributed by atoms with Crippen molar-refractivity contribution in [2.75, 3.05) is 4.72 Å². The number of nitrogens with zero attached hydrogens (tertiary/aromatic N) is 1. The molecule has 0 saturated heterocycles. The van der Waals surface area contributed by atoms with Crippen molar-refractivity contribution in [3.63, 3.8) is 0 Å². The molecule has 20 heavy (non-hydrogen) atoms. The van der Waals surface area contributed by atoms with E-state index in [1.54, 1.807) is 49.5 Å². The van der Waals surface area contributed by atoms with Crippen LogP contribution >= 0.6 is 0 Å². The molecule has 1 unspecified atom stereocenters. The molecule has 1 atom stereocenters. The topological polar surface area (TPSA) is 85.1 Å². The lowest BCUT2D eigenvalue weighted by atomic mass is 10.1. The highest BCUT2D eigenvalue weighted by Crippen LogP contribution is 2.19. The molecule has 1 aromatic heterocycles. The van der Waals surface area contributed by atoms with Gasteiger partial charge in [-0.2, -0.15) is 0 Å². The van der Waals surface area contributed by atoms with Crippen LogP contribution in [0.4, 0.5) is 5.69 Å². The predicted octanol–water partition coefficient (Wildman–Crippen LogP) is 2.21. The minimum Gasteiger partial charge on any atom is -0.324 e. The molecule has 0 aliphatic carbocycles. The highest BCUT2D eigenvalue weighted by molar-refractivity contribution is 7.92. The van der Waals surface area contributed by atoms with Gasteiger partial charge in [-0.15, -0.1) is 0 Å². The standard InChI is InChI=1S/C14H17N3O2S/c1-10-8-13(6-7-16-10)17-20(18,19)14-5-3-4-12(9-14)11(2)15/h3-9,11H,15H2,1-2H3,(H,16,17). The molecule has 0 aliphatic heterocycles. The first-order valence-corrected chi connectivity index (χ1v) is 7.68. The third-order valence-corrected chi connectivity index (χ3v) is 4.22. The fourth-order valence-electron chi connectivity index (χ4n) is 1.79. The van der Waals surface area contributed by atoms with Crippen molar-refractivity contribution in [2.45, 2.75) is 24.8 Å². The van der Waals surface area contributed by atoms with Gasteiger partial charge in [0.2, 0.25) is 0 Å². The van der Waals surface area contributed by atoms with Crippen molar-refractivity contribution < 1.29 is 8.42 Å². The van der Waals surface area contributed by atoms with E-state index in [1.165, 1.54) is 0 Å². The average molecular weight is 291 g/mol. The Hall–Kier alpha value is -1.92. The highest BCUT2D eigenvalue weighted by Gasteiger charge is 2.15. The summed E-state index contributed by atoms with van der Waals surface area (Å²) in [5.74, 6) is 0. The normalized spacial score (nSPS) is 12.9. The molecule has 5 nitrogen and oxygen atoms in total. The summed E-state index contributed by atoms with van der Waals surface area (Å²) in [5, 5.41) is 0. The summed E-state index contributed by atoms with van der Waals surface area (Å²) >= 11 is 0. The first-order chi connectivity index (χ1) is 9.38. The molecule has 0 amide bonds. The molecule has 106 valence electrons. The van der Waals surface area contributed by atoms with Crippen LogP contribution in [-0.2, 0) is 10.0 Å². The van der Waals surface area contributed by atoms with Gasteiger partial charge in [0.15, 0.2) is 0 Å². The third kappa shape index (κ3) is 3.34. The van der Waals surface area contributed by atoms with E-state index in [2.05, 4.69) is 9.71 Å². The van der Waals surface area contributed by atoms with Crippen LogP contribution in [0.3, 0.4) is 0 Å². The van der Waals surface area contributed by atoms with Crippen molar-refractivity contribution >= 4 is 15.7 Å². The Morgan fingerprint density at radius 2 is 2.00 bits per heavy atom. The molecule has 0 bridgehead atoms. The fourth-order valence-corrected chi connectivity index (χ4v) is 2.89. The zero-order chi connectivity index (χ0) is 14.8. The summed E-state index contributed by atoms with van der Waals surface area (Å²) in [7, 11) is -3.62. The molecule has 6 heteroatoms. The van der Waals surface area contributed by atoms with Crippen molar-refractivity contribution in [1.29, 1.82) is 0 Å². The van der Waals surface area contributed by atoms with E-state index in [9.17, 15) is 8.42 Å². The molecule has 0 spiro atoms. The quantitative estimate of drug-likeness (QED) is 0.904. The largest absolute Gasteiger partial charge is 0.324 e. The molecular formula is C14H17N3O2S. The van der Waals surface area contributed by atoms with Crippen LogP contribution in [0, 0.1) is 6.92 Å². The second-order valence-electron chi connectivity index (χ2n) is 4.65. The minimum atomic E-state index is -3.62. The lowest BCUT2D eigenvalue weighted by molar-refractivity contribution is 0.601. The second kappa shape index (κ2) is 5.60. The van der Waals surface area contributed by atoms with Gasteiger partial charge in [-0.1, -0.05) is 12.1 Å². The van der Waals surface area contributed by atoms with Crippen molar-refractivity contribution in [1.82, 2.24) is 4.98 Å². The van der Waals surface area contributed by atoms with Crippen LogP contribution < -0.4 is 10.5 Å². The monoisotopic (exact) mass is 291 g/mol. The van der Waals surface area contributed by atoms with Crippen LogP contribution in [0.25, 0.3) is 0 Å². The maximum atomic E-state index is 12.3. The SMILES string of the molecule is Cc1cc(NS(=O)(=O)c2cccc(C(C)N)c2)ccn1. The number of aromatic nitrogens is 1. The molecule has 3 N–H and O–H groups in total. The summed E-state index contributed by atoms with van der Waals surface area (Å²) < 4.78 is 27.2. The number of sulfonamides is 1. The number of nitrogens with one attached hydrogen (secondary N) is 1. The van der Waals surface area contributed by atoms with Gasteiger partial charge < -0.3 is 5.73 Å². The Kier molecular flexibility index (Phi) is 4.06. The Morgan fingerprint density at radius 3 is 2.65 bits per heavy atom. The molecule has 2 aromatic rings. The summed E-state index contributed by atoms with van der Waals surface area (Å²) in [6.07, 6.45) is 1.56. The number of anilines is 1. The Labute approximate surface area is 118 Å². The van der Waals surface area contributed by atoms with Gasteiger partial charge in [0.1, 0.15) is 0 Å². The van der Waals surface area contributed by atoms with E-state index in [-0.39, 0.29) is 10.9 Å². The summed E-state index contributed by atoms with van der Waals surface area (Å²) in [5.41, 5.74) is 7.79. The first-order valence-electron chi connectivity index (χ1n) is 6.19. The highest BCUT2D eigenvalue weighted by atomic mass is 32.2. The average Bonchev–Trinajstić information content (AvgIpc) is 2.38. The number of nitrogens with two attached hydrogens (primary N) is 1. The zero-order valence-corrected chi connectivity index (χ0v) is 12.2. The lowest BCUT2D eigenvalue weighted by Gasteiger charge is -2.11. The molecule has 0 aliphatic rings. The van der Waals surface area contributed by atoms with Gasteiger partial charge in [-0.3, -0.25) is 9.71 Å². The van der Waals surface area contributed by atoms with E-state index < -0.39 is 10.0 Å². The van der Waals surface area contributed by atoms with E-state index in [4.69, 9.17) is 5.73 Å². The number of hydrogen-bond acceptors (Lipinski definition) is 4. The van der Waals surface area contributed by atoms with E-state index >= 15 is 0 Å². The molecule has 0 fully saturated rings. The molecule has 1 aromatic carbocycles. The third-order valence-electron chi connectivity index (χ3n) is 2.84. The van der Waals surface area contributed by atoms with Crippen LogP contribution in [0.1, 0.15) is 24.2 Å². The smallest absolute Gasteiger partial charge is 0.261 e. The minimum absolute atomic E-state index is 0.196. The van der Waals surface area contributed by atoms with E-state index in [0.717, 1.165) is 11.3 Å². The molecule has 0 saturated carbocycles. The molecule has 2 rings (SSSR count).